The van der Waals surface area contributed by atoms with Gasteiger partial charge in [0, 0.05) is 29.9 Å². The quantitative estimate of drug-likeness (QED) is 0.481. The van der Waals surface area contributed by atoms with Crippen LogP contribution < -0.4 is 5.32 Å². The average Bonchev–Trinajstić information content (AvgIpc) is 2.94. The first-order chi connectivity index (χ1) is 13.3. The van der Waals surface area contributed by atoms with Crippen molar-refractivity contribution in [2.45, 2.75) is 33.1 Å². The molecular weight excluding hydrogens is 360 g/mol. The number of nitrogens with zero attached hydrogens (tertiary/aromatic N) is 3. The van der Waals surface area contributed by atoms with Gasteiger partial charge in [-0.25, -0.2) is 4.79 Å². The minimum Gasteiger partial charge on any atom is -0.466 e. The summed E-state index contributed by atoms with van der Waals surface area (Å²) in [5, 5.41) is 19.6. The van der Waals surface area contributed by atoms with Gasteiger partial charge in [-0.3, -0.25) is 14.8 Å². The molecular formula is C20H24N4O4. The highest BCUT2D eigenvalue weighted by Gasteiger charge is 2.40. The molecule has 1 aliphatic heterocycles. The van der Waals surface area contributed by atoms with Crippen LogP contribution >= 0.6 is 0 Å². The maximum Gasteiger partial charge on any atom is 0.336 e. The van der Waals surface area contributed by atoms with Crippen LogP contribution in [-0.4, -0.2) is 27.8 Å². The molecule has 1 N–H and O–H groups in total. The van der Waals surface area contributed by atoms with Crippen molar-refractivity contribution >= 4 is 17.5 Å². The zero-order valence-corrected chi connectivity index (χ0v) is 16.6. The van der Waals surface area contributed by atoms with Crippen LogP contribution in [0.5, 0.6) is 0 Å². The molecule has 1 atom stereocenters. The number of hydrogen-bond acceptors (Lipinski definition) is 6. The first-order valence-corrected chi connectivity index (χ1v) is 9.11. The Kier molecular flexibility index (Phi) is 5.22. The average molecular weight is 384 g/mol. The van der Waals surface area contributed by atoms with Crippen LogP contribution in [0.4, 0.5) is 11.5 Å². The number of hydrogen-bond donors (Lipinski definition) is 1. The third kappa shape index (κ3) is 3.26. The number of esters is 1. The molecule has 0 saturated carbocycles. The number of benzene rings is 1. The maximum absolute atomic E-state index is 12.7. The highest BCUT2D eigenvalue weighted by Crippen LogP contribution is 2.46. The smallest absolute Gasteiger partial charge is 0.336 e. The summed E-state index contributed by atoms with van der Waals surface area (Å²) in [6.45, 7) is 5.94. The van der Waals surface area contributed by atoms with Crippen LogP contribution in [0.15, 0.2) is 35.5 Å². The number of carbonyl (C=O) groups is 1. The van der Waals surface area contributed by atoms with E-state index in [-0.39, 0.29) is 5.69 Å². The molecule has 1 unspecified atom stereocenters. The minimum absolute atomic E-state index is 0.0334. The Morgan fingerprint density at radius 3 is 2.68 bits per heavy atom. The number of aromatic nitrogens is 2. The van der Waals surface area contributed by atoms with E-state index in [1.54, 1.807) is 29.8 Å². The molecule has 0 saturated heterocycles. The number of rotatable bonds is 5. The number of allylic oxidation sites excluding steroid dienone is 1. The van der Waals surface area contributed by atoms with Crippen LogP contribution in [0.3, 0.4) is 0 Å². The third-order valence-corrected chi connectivity index (χ3v) is 4.90. The minimum atomic E-state index is -0.632. The fourth-order valence-electron chi connectivity index (χ4n) is 3.78. The first-order valence-electron chi connectivity index (χ1n) is 9.11. The number of aryl methyl sites for hydroxylation is 1. The molecule has 1 aromatic carbocycles. The fourth-order valence-corrected chi connectivity index (χ4v) is 3.78. The predicted octanol–water partition coefficient (Wildman–Crippen LogP) is 3.53. The van der Waals surface area contributed by atoms with Gasteiger partial charge in [0.2, 0.25) is 0 Å². The van der Waals surface area contributed by atoms with E-state index >= 15 is 0 Å². The lowest BCUT2D eigenvalue weighted by Crippen LogP contribution is -2.25. The normalized spacial score (nSPS) is 16.0. The summed E-state index contributed by atoms with van der Waals surface area (Å²) in [6.07, 6.45) is 0.690. The van der Waals surface area contributed by atoms with Crippen LogP contribution in [0.1, 0.15) is 43.5 Å². The molecule has 2 heterocycles. The second-order valence-corrected chi connectivity index (χ2v) is 7.33. The monoisotopic (exact) mass is 384 g/mol. The lowest BCUT2D eigenvalue weighted by atomic mass is 9.80. The third-order valence-electron chi connectivity index (χ3n) is 4.90. The van der Waals surface area contributed by atoms with Crippen molar-refractivity contribution in [2.24, 2.45) is 13.0 Å². The number of fused-ring (bicyclic) bond motifs is 1. The van der Waals surface area contributed by atoms with E-state index in [0.717, 1.165) is 17.1 Å². The maximum atomic E-state index is 12.7. The molecule has 0 fully saturated rings. The summed E-state index contributed by atoms with van der Waals surface area (Å²) in [5.41, 5.74) is 2.99. The Morgan fingerprint density at radius 2 is 2.07 bits per heavy atom. The highest BCUT2D eigenvalue weighted by molar-refractivity contribution is 5.95. The lowest BCUT2D eigenvalue weighted by molar-refractivity contribution is -0.385. The van der Waals surface area contributed by atoms with Crippen LogP contribution in [0, 0.1) is 16.0 Å². The van der Waals surface area contributed by atoms with Crippen molar-refractivity contribution < 1.29 is 14.5 Å². The van der Waals surface area contributed by atoms with Crippen LogP contribution in [0.25, 0.3) is 0 Å². The standard InChI is InChI=1S/C20H24N4O4/c1-11(2)10-14-18-17(13-8-6-7-9-15(13)24(26)27)16(20(25)28-5)12(3)21-19(18)23(4)22-14/h6-9,11,17,21H,10H2,1-5H3. The first kappa shape index (κ1) is 19.6. The zero-order valence-electron chi connectivity index (χ0n) is 16.6. The van der Waals surface area contributed by atoms with Crippen molar-refractivity contribution in [2.75, 3.05) is 12.4 Å². The summed E-state index contributed by atoms with van der Waals surface area (Å²) in [5.74, 6) is -0.0751. The molecule has 0 bridgehead atoms. The van der Waals surface area contributed by atoms with Crippen molar-refractivity contribution in [1.82, 2.24) is 9.78 Å². The SMILES string of the molecule is COC(=O)C1=C(C)Nc2c(c(CC(C)C)nn2C)C1c1ccccc1[N+](=O)[O-]. The van der Waals surface area contributed by atoms with Crippen molar-refractivity contribution in [3.8, 4) is 0 Å². The molecule has 0 amide bonds. The van der Waals surface area contributed by atoms with E-state index in [1.165, 1.54) is 13.2 Å². The molecule has 1 aliphatic rings. The second-order valence-electron chi connectivity index (χ2n) is 7.33. The Balaban J connectivity index is 2.34. The van der Waals surface area contributed by atoms with E-state index < -0.39 is 16.8 Å². The summed E-state index contributed by atoms with van der Waals surface area (Å²) in [6, 6.07) is 6.52. The van der Waals surface area contributed by atoms with E-state index in [0.29, 0.717) is 29.2 Å². The van der Waals surface area contributed by atoms with Gasteiger partial charge in [-0.15, -0.1) is 0 Å². The lowest BCUT2D eigenvalue weighted by Gasteiger charge is -2.28. The predicted molar refractivity (Wildman–Crippen MR) is 105 cm³/mol. The number of ether oxygens (including phenoxy) is 1. The Bertz CT molecular complexity index is 975. The molecule has 0 radical (unpaired) electrons. The molecule has 148 valence electrons. The molecule has 2 aromatic rings. The van der Waals surface area contributed by atoms with Gasteiger partial charge in [-0.1, -0.05) is 32.0 Å². The van der Waals surface area contributed by atoms with Crippen LogP contribution in [0.2, 0.25) is 0 Å². The van der Waals surface area contributed by atoms with E-state index in [2.05, 4.69) is 24.3 Å². The number of nitro groups is 1. The highest BCUT2D eigenvalue weighted by atomic mass is 16.6. The van der Waals surface area contributed by atoms with Gasteiger partial charge in [0.15, 0.2) is 0 Å². The molecule has 0 spiro atoms. The van der Waals surface area contributed by atoms with E-state index in [1.807, 2.05) is 7.05 Å². The molecule has 1 aromatic heterocycles. The Hall–Kier alpha value is -3.16. The van der Waals surface area contributed by atoms with Gasteiger partial charge >= 0.3 is 5.97 Å². The topological polar surface area (TPSA) is 99.3 Å². The Labute approximate surface area is 163 Å². The second kappa shape index (κ2) is 7.46. The number of anilines is 1. The summed E-state index contributed by atoms with van der Waals surface area (Å²) >= 11 is 0. The summed E-state index contributed by atoms with van der Waals surface area (Å²) < 4.78 is 6.75. The van der Waals surface area contributed by atoms with Gasteiger partial charge in [-0.05, 0) is 19.3 Å². The van der Waals surface area contributed by atoms with E-state index in [9.17, 15) is 14.9 Å². The molecule has 8 heteroatoms. The number of nitro benzene ring substituents is 1. The molecule has 3 rings (SSSR count). The van der Waals surface area contributed by atoms with Gasteiger partial charge in [0.25, 0.3) is 5.69 Å². The number of methoxy groups -OCH3 is 1. The molecule has 0 aliphatic carbocycles. The van der Waals surface area contributed by atoms with E-state index in [4.69, 9.17) is 4.74 Å². The number of carbonyl (C=O) groups excluding carboxylic acids is 1. The van der Waals surface area contributed by atoms with Gasteiger partial charge in [-0.2, -0.15) is 5.10 Å². The van der Waals surface area contributed by atoms with Crippen molar-refractivity contribution in [1.29, 1.82) is 0 Å². The number of para-hydroxylation sites is 1. The summed E-state index contributed by atoms with van der Waals surface area (Å²) in [4.78, 5) is 24.0. The summed E-state index contributed by atoms with van der Waals surface area (Å²) in [7, 11) is 3.13. The van der Waals surface area contributed by atoms with Gasteiger partial charge in [0.05, 0.1) is 29.2 Å². The largest absolute Gasteiger partial charge is 0.466 e. The molecule has 28 heavy (non-hydrogen) atoms. The fraction of sp³-hybridized carbons (Fsp3) is 0.400. The molecule has 8 nitrogen and oxygen atoms in total. The van der Waals surface area contributed by atoms with Gasteiger partial charge < -0.3 is 10.1 Å². The Morgan fingerprint density at radius 1 is 1.39 bits per heavy atom. The zero-order chi connectivity index (χ0) is 20.6. The number of nitrogens with one attached hydrogen (secondary N) is 1. The van der Waals surface area contributed by atoms with Crippen molar-refractivity contribution in [3.05, 3.63) is 62.5 Å². The van der Waals surface area contributed by atoms with Gasteiger partial charge in [0.1, 0.15) is 5.82 Å². The van der Waals surface area contributed by atoms with Crippen LogP contribution in [-0.2, 0) is 23.0 Å². The van der Waals surface area contributed by atoms with Crippen molar-refractivity contribution in [3.63, 3.8) is 0 Å².